The zero-order valence-electron chi connectivity index (χ0n) is 68.2. The molecule has 19 heteroatoms. The van der Waals surface area contributed by atoms with Crippen molar-refractivity contribution in [2.75, 3.05) is 39.6 Å². The summed E-state index contributed by atoms with van der Waals surface area (Å²) in [5, 5.41) is 10.7. The van der Waals surface area contributed by atoms with Gasteiger partial charge in [-0.1, -0.05) is 407 Å². The number of hydrogen-bond acceptors (Lipinski definition) is 15. The Morgan fingerprint density at radius 1 is 0.260 bits per heavy atom. The van der Waals surface area contributed by atoms with Crippen LogP contribution in [0, 0.1) is 5.92 Å². The minimum absolute atomic E-state index is 0.109. The largest absolute Gasteiger partial charge is 0.472 e. The molecule has 0 aliphatic carbocycles. The number of phosphoric acid groups is 2. The minimum Gasteiger partial charge on any atom is -0.462 e. The van der Waals surface area contributed by atoms with Crippen molar-refractivity contribution in [3.8, 4) is 0 Å². The molecule has 0 aromatic rings. The summed E-state index contributed by atoms with van der Waals surface area (Å²) in [7, 11) is -9.92. The fraction of sp³-hybridized carbons (Fsp3) is 0.953. The maximum atomic E-state index is 13.1. The summed E-state index contributed by atoms with van der Waals surface area (Å²) in [6.45, 7) is 7.39. The molecule has 5 atom stereocenters. The summed E-state index contributed by atoms with van der Waals surface area (Å²) in [5.41, 5.74) is 0. The van der Waals surface area contributed by atoms with E-state index >= 15 is 0 Å². The summed E-state index contributed by atoms with van der Waals surface area (Å²) in [6, 6.07) is 0. The second-order valence-corrected chi connectivity index (χ2v) is 34.0. The van der Waals surface area contributed by atoms with E-state index in [1.54, 1.807) is 0 Å². The quantitative estimate of drug-likeness (QED) is 0.0222. The molecule has 2 unspecified atom stereocenters. The number of aliphatic hydroxyl groups is 1. The lowest BCUT2D eigenvalue weighted by Crippen LogP contribution is -2.30. The number of unbranched alkanes of at least 4 members (excludes halogenated alkanes) is 57. The molecular weight excluding hydrogens is 1350 g/mol. The SMILES string of the molecule is CCCCCCCCCCCCCCCCCCCCCCC(=O)O[C@H](COC(=O)CCCCCCCCCCCCCCCCCC(C)C)COP(=O)(O)OC[C@@H](O)COP(=O)(O)OC[C@@H](COC(=O)CCCCCCCCCCCCCCC)OC(=O)CCCCCCCCCCCCCCC. The van der Waals surface area contributed by atoms with Crippen LogP contribution in [0.2, 0.25) is 0 Å². The molecule has 618 valence electrons. The Labute approximate surface area is 638 Å². The highest BCUT2D eigenvalue weighted by Gasteiger charge is 2.30. The third kappa shape index (κ3) is 78.2. The lowest BCUT2D eigenvalue weighted by Gasteiger charge is -2.21. The van der Waals surface area contributed by atoms with Crippen LogP contribution in [0.3, 0.4) is 0 Å². The Morgan fingerprint density at radius 2 is 0.442 bits per heavy atom. The highest BCUT2D eigenvalue weighted by atomic mass is 31.2. The van der Waals surface area contributed by atoms with Crippen LogP contribution in [-0.2, 0) is 65.4 Å². The van der Waals surface area contributed by atoms with Gasteiger partial charge in [-0.3, -0.25) is 37.3 Å². The van der Waals surface area contributed by atoms with Gasteiger partial charge in [0, 0.05) is 25.7 Å². The lowest BCUT2D eigenvalue weighted by molar-refractivity contribution is -0.161. The standard InChI is InChI=1S/C85H166O17P2/c1-6-9-12-15-18-21-24-27-28-29-30-31-32-35-41-46-51-56-61-66-71-85(90)102-81(75-96-83(88)69-64-59-54-49-44-40-36-33-34-39-42-47-52-57-62-67-78(4)5)77-100-104(93,94)98-73-79(86)72-97-103(91,92)99-76-80(101-84(89)70-65-60-55-50-45-38-26-23-20-17-14-11-8-3)74-95-82(87)68-63-58-53-48-43-37-25-22-19-16-13-10-7-2/h78-81,86H,6-77H2,1-5H3,(H,91,92)(H,93,94)/t79-,80+,81+/m0/s1. The van der Waals surface area contributed by atoms with Gasteiger partial charge in [-0.2, -0.15) is 0 Å². The van der Waals surface area contributed by atoms with Crippen LogP contribution in [0.15, 0.2) is 0 Å². The van der Waals surface area contributed by atoms with Gasteiger partial charge in [0.05, 0.1) is 26.4 Å². The summed E-state index contributed by atoms with van der Waals surface area (Å²) in [5.74, 6) is -1.29. The Bertz CT molecular complexity index is 1980. The predicted octanol–water partition coefficient (Wildman–Crippen LogP) is 26.0. The first-order chi connectivity index (χ1) is 50.5. The summed E-state index contributed by atoms with van der Waals surface area (Å²) in [6.07, 6.45) is 70.7. The van der Waals surface area contributed by atoms with Crippen LogP contribution >= 0.6 is 15.6 Å². The van der Waals surface area contributed by atoms with Crippen molar-refractivity contribution >= 4 is 39.5 Å². The predicted molar refractivity (Wildman–Crippen MR) is 428 cm³/mol. The van der Waals surface area contributed by atoms with Crippen LogP contribution in [0.4, 0.5) is 0 Å². The molecule has 0 bridgehead atoms. The van der Waals surface area contributed by atoms with Gasteiger partial charge < -0.3 is 33.8 Å². The molecule has 0 aromatic carbocycles. The molecule has 0 amide bonds. The molecule has 17 nitrogen and oxygen atoms in total. The van der Waals surface area contributed by atoms with E-state index in [-0.39, 0.29) is 25.7 Å². The first kappa shape index (κ1) is 102. The summed E-state index contributed by atoms with van der Waals surface area (Å²) < 4.78 is 68.9. The minimum atomic E-state index is -4.96. The van der Waals surface area contributed by atoms with E-state index in [2.05, 4.69) is 34.6 Å². The molecule has 0 aliphatic heterocycles. The molecule has 0 fully saturated rings. The number of carbonyl (C=O) groups excluding carboxylic acids is 4. The molecule has 0 rings (SSSR count). The van der Waals surface area contributed by atoms with E-state index in [1.807, 2.05) is 0 Å². The molecule has 104 heavy (non-hydrogen) atoms. The molecule has 0 spiro atoms. The van der Waals surface area contributed by atoms with E-state index < -0.39 is 97.5 Å². The highest BCUT2D eigenvalue weighted by Crippen LogP contribution is 2.45. The Morgan fingerprint density at radius 3 is 0.654 bits per heavy atom. The average molecular weight is 1520 g/mol. The number of phosphoric ester groups is 2. The first-order valence-electron chi connectivity index (χ1n) is 44.1. The lowest BCUT2D eigenvalue weighted by atomic mass is 10.0. The number of rotatable bonds is 85. The van der Waals surface area contributed by atoms with E-state index in [0.717, 1.165) is 95.8 Å². The van der Waals surface area contributed by atoms with Gasteiger partial charge in [-0.25, -0.2) is 9.13 Å². The average Bonchev–Trinajstić information content (AvgIpc) is 0.903. The van der Waals surface area contributed by atoms with Gasteiger partial charge in [0.15, 0.2) is 12.2 Å². The normalized spacial score (nSPS) is 13.8. The van der Waals surface area contributed by atoms with Crippen molar-refractivity contribution in [1.82, 2.24) is 0 Å². The fourth-order valence-corrected chi connectivity index (χ4v) is 14.9. The summed E-state index contributed by atoms with van der Waals surface area (Å²) in [4.78, 5) is 73.2. The highest BCUT2D eigenvalue weighted by molar-refractivity contribution is 7.47. The smallest absolute Gasteiger partial charge is 0.462 e. The molecule has 0 saturated carbocycles. The van der Waals surface area contributed by atoms with E-state index in [9.17, 15) is 43.2 Å². The first-order valence-corrected chi connectivity index (χ1v) is 47.1. The molecule has 0 radical (unpaired) electrons. The molecule has 0 aromatic heterocycles. The van der Waals surface area contributed by atoms with Crippen molar-refractivity contribution < 1.29 is 80.2 Å². The third-order valence-electron chi connectivity index (χ3n) is 20.0. The van der Waals surface area contributed by atoms with Crippen LogP contribution < -0.4 is 0 Å². The van der Waals surface area contributed by atoms with Crippen molar-refractivity contribution in [2.24, 2.45) is 5.92 Å². The van der Waals surface area contributed by atoms with E-state index in [4.69, 9.17) is 37.0 Å². The van der Waals surface area contributed by atoms with Crippen LogP contribution in [0.1, 0.15) is 458 Å². The Balaban J connectivity index is 5.24. The number of aliphatic hydroxyl groups excluding tert-OH is 1. The van der Waals surface area contributed by atoms with E-state index in [0.29, 0.717) is 25.7 Å². The van der Waals surface area contributed by atoms with E-state index in [1.165, 1.54) is 283 Å². The second kappa shape index (κ2) is 77.8. The fourth-order valence-electron chi connectivity index (χ4n) is 13.3. The zero-order chi connectivity index (χ0) is 76.2. The van der Waals surface area contributed by atoms with Crippen molar-refractivity contribution in [3.05, 3.63) is 0 Å². The Kier molecular flexibility index (Phi) is 76.3. The van der Waals surface area contributed by atoms with Gasteiger partial charge in [0.1, 0.15) is 19.3 Å². The number of hydrogen-bond donors (Lipinski definition) is 3. The topological polar surface area (TPSA) is 237 Å². The number of esters is 4. The molecule has 0 heterocycles. The number of carbonyl (C=O) groups is 4. The van der Waals surface area contributed by atoms with Crippen molar-refractivity contribution in [3.63, 3.8) is 0 Å². The van der Waals surface area contributed by atoms with Crippen molar-refractivity contribution in [2.45, 2.75) is 477 Å². The van der Waals surface area contributed by atoms with Gasteiger partial charge in [-0.15, -0.1) is 0 Å². The molecule has 3 N–H and O–H groups in total. The van der Waals surface area contributed by atoms with Gasteiger partial charge >= 0.3 is 39.5 Å². The number of ether oxygens (including phenoxy) is 4. The summed E-state index contributed by atoms with van der Waals surface area (Å²) >= 11 is 0. The molecular formula is C85H166O17P2. The monoisotopic (exact) mass is 1520 g/mol. The van der Waals surface area contributed by atoms with Gasteiger partial charge in [0.2, 0.25) is 0 Å². The molecule has 0 saturated heterocycles. The van der Waals surface area contributed by atoms with Crippen LogP contribution in [0.5, 0.6) is 0 Å². The maximum absolute atomic E-state index is 13.1. The zero-order valence-corrected chi connectivity index (χ0v) is 70.0. The van der Waals surface area contributed by atoms with Gasteiger partial charge in [-0.05, 0) is 31.6 Å². The Hall–Kier alpha value is -1.94. The van der Waals surface area contributed by atoms with Gasteiger partial charge in [0.25, 0.3) is 0 Å². The van der Waals surface area contributed by atoms with Crippen LogP contribution in [0.25, 0.3) is 0 Å². The second-order valence-electron chi connectivity index (χ2n) is 31.1. The van der Waals surface area contributed by atoms with Crippen molar-refractivity contribution in [1.29, 1.82) is 0 Å². The molecule has 0 aliphatic rings. The third-order valence-corrected chi connectivity index (χ3v) is 21.9. The maximum Gasteiger partial charge on any atom is 0.472 e. The van der Waals surface area contributed by atoms with Crippen LogP contribution in [-0.4, -0.2) is 96.7 Å².